The number of nitrogens with one attached hydrogen (secondary N) is 1. The van der Waals surface area contributed by atoms with E-state index < -0.39 is 23.7 Å². The van der Waals surface area contributed by atoms with E-state index in [4.69, 9.17) is 14.4 Å². The molecular weight excluding hydrogens is 296 g/mol. The molecule has 21 heavy (non-hydrogen) atoms. The highest BCUT2D eigenvalue weighted by Crippen LogP contribution is 2.14. The molecule has 0 spiro atoms. The van der Waals surface area contributed by atoms with Crippen LogP contribution >= 0.6 is 11.8 Å². The number of nitrogens with zero attached hydrogens (tertiary/aromatic N) is 1. The summed E-state index contributed by atoms with van der Waals surface area (Å²) in [5.74, 6) is 0.246. The average molecular weight is 316 g/mol. The van der Waals surface area contributed by atoms with Crippen molar-refractivity contribution in [3.05, 3.63) is 17.5 Å². The molecule has 0 aliphatic carbocycles. The van der Waals surface area contributed by atoms with Crippen LogP contribution in [0.2, 0.25) is 0 Å². The van der Waals surface area contributed by atoms with Crippen molar-refractivity contribution in [2.45, 2.75) is 45.1 Å². The SMILES string of the molecule is Cc1cc(CSCC(NC(=O)OC(C)(C)C)C(=O)O)on1. The molecule has 0 aromatic carbocycles. The van der Waals surface area contributed by atoms with Gasteiger partial charge in [0.25, 0.3) is 0 Å². The number of carbonyl (C=O) groups is 2. The maximum atomic E-state index is 11.6. The number of carbonyl (C=O) groups excluding carboxylic acids is 1. The Kier molecular flexibility index (Phi) is 6.07. The van der Waals surface area contributed by atoms with Gasteiger partial charge in [0.05, 0.1) is 11.4 Å². The number of alkyl carbamates (subject to hydrolysis) is 1. The number of rotatable bonds is 6. The van der Waals surface area contributed by atoms with E-state index in [9.17, 15) is 9.59 Å². The van der Waals surface area contributed by atoms with E-state index >= 15 is 0 Å². The molecule has 0 aliphatic rings. The van der Waals surface area contributed by atoms with Crippen molar-refractivity contribution >= 4 is 23.8 Å². The smallest absolute Gasteiger partial charge is 0.408 e. The Hall–Kier alpha value is -1.70. The Morgan fingerprint density at radius 2 is 2.19 bits per heavy atom. The Labute approximate surface area is 127 Å². The normalized spacial score (nSPS) is 12.8. The molecule has 1 rings (SSSR count). The first-order chi connectivity index (χ1) is 9.67. The van der Waals surface area contributed by atoms with Gasteiger partial charge in [-0.3, -0.25) is 0 Å². The summed E-state index contributed by atoms with van der Waals surface area (Å²) in [4.78, 5) is 22.7. The molecule has 1 atom stereocenters. The lowest BCUT2D eigenvalue weighted by atomic mass is 10.2. The Balaban J connectivity index is 2.43. The van der Waals surface area contributed by atoms with E-state index in [1.807, 2.05) is 6.92 Å². The standard InChI is InChI=1S/C13H20N2O5S/c1-8-5-9(20-15-8)6-21-7-10(11(16)17)14-12(18)19-13(2,3)4/h5,10H,6-7H2,1-4H3,(H,14,18)(H,16,17). The number of hydrogen-bond acceptors (Lipinski definition) is 6. The number of amides is 1. The van der Waals surface area contributed by atoms with Gasteiger partial charge in [0.2, 0.25) is 0 Å². The maximum absolute atomic E-state index is 11.6. The fourth-order valence-corrected chi connectivity index (χ4v) is 2.30. The summed E-state index contributed by atoms with van der Waals surface area (Å²) in [6.07, 6.45) is -0.744. The van der Waals surface area contributed by atoms with Crippen LogP contribution in [0.4, 0.5) is 4.79 Å². The molecule has 7 nitrogen and oxygen atoms in total. The van der Waals surface area contributed by atoms with Gasteiger partial charge in [-0.05, 0) is 27.7 Å². The fourth-order valence-electron chi connectivity index (χ4n) is 1.39. The zero-order valence-electron chi connectivity index (χ0n) is 12.5. The molecule has 8 heteroatoms. The number of hydrogen-bond donors (Lipinski definition) is 2. The number of carboxylic acid groups (broad SMARTS) is 1. The van der Waals surface area contributed by atoms with Crippen molar-refractivity contribution in [3.8, 4) is 0 Å². The second kappa shape index (κ2) is 7.35. The number of aromatic nitrogens is 1. The molecular formula is C13H20N2O5S. The van der Waals surface area contributed by atoms with Crippen LogP contribution in [-0.2, 0) is 15.3 Å². The first-order valence-corrected chi connectivity index (χ1v) is 7.55. The summed E-state index contributed by atoms with van der Waals surface area (Å²) in [6.45, 7) is 6.94. The van der Waals surface area contributed by atoms with E-state index in [1.165, 1.54) is 11.8 Å². The number of carboxylic acids is 1. The second-order valence-corrected chi connectivity index (χ2v) is 6.52. The maximum Gasteiger partial charge on any atom is 0.408 e. The summed E-state index contributed by atoms with van der Waals surface area (Å²) in [5.41, 5.74) is 0.102. The van der Waals surface area contributed by atoms with Gasteiger partial charge in [0, 0.05) is 11.8 Å². The van der Waals surface area contributed by atoms with Crippen molar-refractivity contribution in [2.75, 3.05) is 5.75 Å². The van der Waals surface area contributed by atoms with Gasteiger partial charge in [-0.15, -0.1) is 0 Å². The number of thioether (sulfide) groups is 1. The highest BCUT2D eigenvalue weighted by molar-refractivity contribution is 7.98. The monoisotopic (exact) mass is 316 g/mol. The van der Waals surface area contributed by atoms with E-state index in [2.05, 4.69) is 10.5 Å². The molecule has 1 aromatic rings. The van der Waals surface area contributed by atoms with Crippen LogP contribution in [0.25, 0.3) is 0 Å². The molecule has 0 radical (unpaired) electrons. The van der Waals surface area contributed by atoms with Crippen LogP contribution in [0, 0.1) is 6.92 Å². The van der Waals surface area contributed by atoms with Gasteiger partial charge in [0.1, 0.15) is 17.4 Å². The molecule has 1 aromatic heterocycles. The van der Waals surface area contributed by atoms with Crippen LogP contribution < -0.4 is 5.32 Å². The van der Waals surface area contributed by atoms with E-state index in [0.717, 1.165) is 5.69 Å². The van der Waals surface area contributed by atoms with Crippen LogP contribution in [0.5, 0.6) is 0 Å². The quantitative estimate of drug-likeness (QED) is 0.829. The number of aryl methyl sites for hydroxylation is 1. The van der Waals surface area contributed by atoms with Crippen molar-refractivity contribution in [2.24, 2.45) is 0 Å². The van der Waals surface area contributed by atoms with Crippen molar-refractivity contribution in [1.82, 2.24) is 10.5 Å². The predicted octanol–water partition coefficient (Wildman–Crippen LogP) is 2.19. The highest BCUT2D eigenvalue weighted by Gasteiger charge is 2.24. The van der Waals surface area contributed by atoms with Crippen LogP contribution in [-0.4, -0.2) is 39.7 Å². The third-order valence-corrected chi connectivity index (χ3v) is 3.25. The lowest BCUT2D eigenvalue weighted by Gasteiger charge is -2.21. The molecule has 0 bridgehead atoms. The summed E-state index contributed by atoms with van der Waals surface area (Å²) >= 11 is 1.33. The minimum absolute atomic E-state index is 0.203. The number of aliphatic carboxylic acids is 1. The Morgan fingerprint density at radius 3 is 2.67 bits per heavy atom. The van der Waals surface area contributed by atoms with Gasteiger partial charge in [0.15, 0.2) is 0 Å². The molecule has 1 unspecified atom stereocenters. The molecule has 0 aliphatic heterocycles. The lowest BCUT2D eigenvalue weighted by Crippen LogP contribution is -2.44. The van der Waals surface area contributed by atoms with Gasteiger partial charge in [-0.2, -0.15) is 11.8 Å². The topological polar surface area (TPSA) is 102 Å². The minimum atomic E-state index is -1.11. The molecule has 2 N–H and O–H groups in total. The fraction of sp³-hybridized carbons (Fsp3) is 0.615. The van der Waals surface area contributed by atoms with Crippen molar-refractivity contribution in [3.63, 3.8) is 0 Å². The molecule has 1 amide bonds. The summed E-state index contributed by atoms with van der Waals surface area (Å²) in [7, 11) is 0. The summed E-state index contributed by atoms with van der Waals surface area (Å²) in [5, 5.41) is 15.2. The zero-order valence-corrected chi connectivity index (χ0v) is 13.3. The first kappa shape index (κ1) is 17.4. The molecule has 0 fully saturated rings. The summed E-state index contributed by atoms with van der Waals surface area (Å²) in [6, 6.07) is 0.762. The highest BCUT2D eigenvalue weighted by atomic mass is 32.2. The molecule has 0 saturated heterocycles. The van der Waals surface area contributed by atoms with Crippen molar-refractivity contribution < 1.29 is 24.0 Å². The predicted molar refractivity (Wildman–Crippen MR) is 78.2 cm³/mol. The molecule has 118 valence electrons. The molecule has 1 heterocycles. The van der Waals surface area contributed by atoms with Crippen molar-refractivity contribution in [1.29, 1.82) is 0 Å². The Bertz CT molecular complexity index is 495. The van der Waals surface area contributed by atoms with E-state index in [1.54, 1.807) is 26.8 Å². The third-order valence-electron chi connectivity index (χ3n) is 2.19. The first-order valence-electron chi connectivity index (χ1n) is 6.39. The third kappa shape index (κ3) is 7.03. The van der Waals surface area contributed by atoms with Crippen LogP contribution in [0.15, 0.2) is 10.6 Å². The lowest BCUT2D eigenvalue weighted by molar-refractivity contribution is -0.138. The van der Waals surface area contributed by atoms with Gasteiger partial charge in [-0.25, -0.2) is 9.59 Å². The van der Waals surface area contributed by atoms with Crippen LogP contribution in [0.1, 0.15) is 32.2 Å². The largest absolute Gasteiger partial charge is 0.480 e. The molecule has 0 saturated carbocycles. The average Bonchev–Trinajstić information content (AvgIpc) is 2.71. The Morgan fingerprint density at radius 1 is 1.52 bits per heavy atom. The summed E-state index contributed by atoms with van der Waals surface area (Å²) < 4.78 is 10.1. The van der Waals surface area contributed by atoms with E-state index in [0.29, 0.717) is 11.5 Å². The van der Waals surface area contributed by atoms with E-state index in [-0.39, 0.29) is 5.75 Å². The zero-order chi connectivity index (χ0) is 16.0. The number of ether oxygens (including phenoxy) is 1. The van der Waals surface area contributed by atoms with Crippen LogP contribution in [0.3, 0.4) is 0 Å². The van der Waals surface area contributed by atoms with Gasteiger partial charge in [-0.1, -0.05) is 5.16 Å². The van der Waals surface area contributed by atoms with Gasteiger partial charge >= 0.3 is 12.1 Å². The second-order valence-electron chi connectivity index (χ2n) is 5.49. The minimum Gasteiger partial charge on any atom is -0.480 e. The van der Waals surface area contributed by atoms with Gasteiger partial charge < -0.3 is 19.7 Å².